The minimum absolute atomic E-state index is 0.0952. The third-order valence-corrected chi connectivity index (χ3v) is 3.21. The number of hydrogen-bond acceptors (Lipinski definition) is 2. The molecule has 0 saturated carbocycles. The Labute approximate surface area is 87.0 Å². The molecule has 0 aliphatic carbocycles. The molecule has 1 aliphatic heterocycles. The van der Waals surface area contributed by atoms with Crippen molar-refractivity contribution >= 4 is 5.78 Å². The first-order chi connectivity index (χ1) is 6.69. The van der Waals surface area contributed by atoms with Crippen molar-refractivity contribution in [1.29, 1.82) is 0 Å². The van der Waals surface area contributed by atoms with Gasteiger partial charge >= 0.3 is 0 Å². The van der Waals surface area contributed by atoms with E-state index in [1.165, 1.54) is 25.3 Å². The number of nitrogens with zero attached hydrogens (tertiary/aromatic N) is 1. The summed E-state index contributed by atoms with van der Waals surface area (Å²) in [5.74, 6) is 0.929. The van der Waals surface area contributed by atoms with Crippen LogP contribution in [0.2, 0.25) is 0 Å². The fourth-order valence-corrected chi connectivity index (χ4v) is 2.30. The Kier molecular flexibility index (Phi) is 4.33. The van der Waals surface area contributed by atoms with Gasteiger partial charge in [0.25, 0.3) is 0 Å². The molecule has 80 valence electrons. The molecule has 1 rings (SSSR count). The van der Waals surface area contributed by atoms with E-state index in [2.05, 4.69) is 18.4 Å². The van der Waals surface area contributed by atoms with Crippen LogP contribution in [0.15, 0.2) is 12.7 Å². The van der Waals surface area contributed by atoms with Gasteiger partial charge in [0.1, 0.15) is 0 Å². The van der Waals surface area contributed by atoms with Gasteiger partial charge in [-0.1, -0.05) is 26.3 Å². The highest BCUT2D eigenvalue weighted by molar-refractivity contribution is 5.93. The lowest BCUT2D eigenvalue weighted by Gasteiger charge is -2.35. The van der Waals surface area contributed by atoms with Crippen molar-refractivity contribution in [2.75, 3.05) is 13.6 Å². The molecular formula is C12H21NO. The van der Waals surface area contributed by atoms with Gasteiger partial charge in [0, 0.05) is 0 Å². The van der Waals surface area contributed by atoms with Crippen LogP contribution in [0.25, 0.3) is 0 Å². The molecule has 0 spiro atoms. The Morgan fingerprint density at radius 1 is 1.64 bits per heavy atom. The third-order valence-electron chi connectivity index (χ3n) is 3.21. The minimum atomic E-state index is 0.0952. The number of ketones is 1. The van der Waals surface area contributed by atoms with Crippen molar-refractivity contribution < 1.29 is 4.79 Å². The molecule has 2 atom stereocenters. The van der Waals surface area contributed by atoms with Gasteiger partial charge in [-0.3, -0.25) is 9.69 Å². The maximum absolute atomic E-state index is 11.6. The predicted octanol–water partition coefficient (Wildman–Crippen LogP) is 2.25. The average molecular weight is 195 g/mol. The molecule has 2 heteroatoms. The van der Waals surface area contributed by atoms with Crippen LogP contribution in [-0.2, 0) is 4.79 Å². The van der Waals surface area contributed by atoms with Gasteiger partial charge in [-0.15, -0.1) is 0 Å². The number of likely N-dealkylation sites (N-methyl/N-ethyl adjacent to an activating group) is 1. The second-order valence-corrected chi connectivity index (χ2v) is 4.28. The molecule has 1 fully saturated rings. The molecule has 2 unspecified atom stereocenters. The Hall–Kier alpha value is -0.630. The molecule has 2 nitrogen and oxygen atoms in total. The summed E-state index contributed by atoms with van der Waals surface area (Å²) in [6.45, 7) is 6.83. The summed E-state index contributed by atoms with van der Waals surface area (Å²) >= 11 is 0. The number of rotatable bonds is 4. The van der Waals surface area contributed by atoms with E-state index in [9.17, 15) is 4.79 Å². The molecule has 0 aromatic carbocycles. The standard InChI is InChI=1S/C12H21NO/c1-4-6-10-7-8-13(3)11(9-10)12(14)5-2/h5,10-11H,2,4,6-9H2,1,3H3. The summed E-state index contributed by atoms with van der Waals surface area (Å²) in [7, 11) is 2.04. The zero-order valence-electron chi connectivity index (χ0n) is 9.33. The van der Waals surface area contributed by atoms with Gasteiger partial charge in [-0.05, 0) is 38.4 Å². The summed E-state index contributed by atoms with van der Waals surface area (Å²) in [5, 5.41) is 0. The van der Waals surface area contributed by atoms with Crippen LogP contribution in [0.5, 0.6) is 0 Å². The number of piperidine rings is 1. The van der Waals surface area contributed by atoms with E-state index in [0.717, 1.165) is 18.9 Å². The lowest BCUT2D eigenvalue weighted by Crippen LogP contribution is -2.44. The smallest absolute Gasteiger partial charge is 0.172 e. The maximum Gasteiger partial charge on any atom is 0.172 e. The van der Waals surface area contributed by atoms with Crippen molar-refractivity contribution in [3.63, 3.8) is 0 Å². The highest BCUT2D eigenvalue weighted by atomic mass is 16.1. The van der Waals surface area contributed by atoms with Crippen molar-refractivity contribution in [2.24, 2.45) is 5.92 Å². The third kappa shape index (κ3) is 2.68. The van der Waals surface area contributed by atoms with Crippen molar-refractivity contribution in [2.45, 2.75) is 38.6 Å². The summed E-state index contributed by atoms with van der Waals surface area (Å²) in [5.41, 5.74) is 0. The van der Waals surface area contributed by atoms with Crippen molar-refractivity contribution in [3.8, 4) is 0 Å². The average Bonchev–Trinajstić information content (AvgIpc) is 2.20. The molecule has 1 aliphatic rings. The van der Waals surface area contributed by atoms with Crippen molar-refractivity contribution in [3.05, 3.63) is 12.7 Å². The topological polar surface area (TPSA) is 20.3 Å². The Morgan fingerprint density at radius 2 is 2.36 bits per heavy atom. The molecule has 0 N–H and O–H groups in total. The van der Waals surface area contributed by atoms with Gasteiger partial charge in [-0.25, -0.2) is 0 Å². The first-order valence-electron chi connectivity index (χ1n) is 5.55. The second-order valence-electron chi connectivity index (χ2n) is 4.28. The molecule has 0 amide bonds. The van der Waals surface area contributed by atoms with Crippen LogP contribution < -0.4 is 0 Å². The quantitative estimate of drug-likeness (QED) is 0.641. The molecule has 0 radical (unpaired) electrons. The van der Waals surface area contributed by atoms with Gasteiger partial charge < -0.3 is 0 Å². The Morgan fingerprint density at radius 3 is 2.93 bits per heavy atom. The van der Waals surface area contributed by atoms with Crippen LogP contribution in [-0.4, -0.2) is 30.3 Å². The summed E-state index contributed by atoms with van der Waals surface area (Å²) < 4.78 is 0. The Bertz CT molecular complexity index is 212. The lowest BCUT2D eigenvalue weighted by atomic mass is 9.86. The van der Waals surface area contributed by atoms with Crippen LogP contribution >= 0.6 is 0 Å². The summed E-state index contributed by atoms with van der Waals surface area (Å²) in [6.07, 6.45) is 6.22. The number of likely N-dealkylation sites (tertiary alicyclic amines) is 1. The first-order valence-corrected chi connectivity index (χ1v) is 5.55. The van der Waals surface area contributed by atoms with Gasteiger partial charge in [0.2, 0.25) is 0 Å². The lowest BCUT2D eigenvalue weighted by molar-refractivity contribution is -0.120. The van der Waals surface area contributed by atoms with E-state index in [4.69, 9.17) is 0 Å². The highest BCUT2D eigenvalue weighted by Gasteiger charge is 2.28. The summed E-state index contributed by atoms with van der Waals surface area (Å²) in [6, 6.07) is 0.0952. The van der Waals surface area contributed by atoms with E-state index in [1.807, 2.05) is 7.05 Å². The van der Waals surface area contributed by atoms with E-state index in [0.29, 0.717) is 0 Å². The molecule has 1 saturated heterocycles. The number of carbonyl (C=O) groups is 1. The minimum Gasteiger partial charge on any atom is -0.296 e. The highest BCUT2D eigenvalue weighted by Crippen LogP contribution is 2.26. The molecule has 14 heavy (non-hydrogen) atoms. The summed E-state index contributed by atoms with van der Waals surface area (Å²) in [4.78, 5) is 13.7. The molecular weight excluding hydrogens is 174 g/mol. The van der Waals surface area contributed by atoms with Crippen LogP contribution in [0.3, 0.4) is 0 Å². The normalized spacial score (nSPS) is 28.7. The first kappa shape index (κ1) is 11.4. The van der Waals surface area contributed by atoms with Crippen LogP contribution in [0.1, 0.15) is 32.6 Å². The van der Waals surface area contributed by atoms with Gasteiger partial charge in [-0.2, -0.15) is 0 Å². The van der Waals surface area contributed by atoms with Gasteiger partial charge in [0.15, 0.2) is 5.78 Å². The largest absolute Gasteiger partial charge is 0.296 e. The fraction of sp³-hybridized carbons (Fsp3) is 0.750. The zero-order chi connectivity index (χ0) is 10.6. The Balaban J connectivity index is 2.54. The van der Waals surface area contributed by atoms with E-state index in [-0.39, 0.29) is 11.8 Å². The molecule has 0 aromatic rings. The SMILES string of the molecule is C=CC(=O)C1CC(CCC)CCN1C. The van der Waals surface area contributed by atoms with E-state index in [1.54, 1.807) is 0 Å². The predicted molar refractivity (Wildman–Crippen MR) is 59.3 cm³/mol. The van der Waals surface area contributed by atoms with Crippen LogP contribution in [0, 0.1) is 5.92 Å². The van der Waals surface area contributed by atoms with Crippen molar-refractivity contribution in [1.82, 2.24) is 4.90 Å². The second kappa shape index (κ2) is 5.30. The van der Waals surface area contributed by atoms with Crippen LogP contribution in [0.4, 0.5) is 0 Å². The monoisotopic (exact) mass is 195 g/mol. The van der Waals surface area contributed by atoms with Gasteiger partial charge in [0.05, 0.1) is 6.04 Å². The number of hydrogen-bond donors (Lipinski definition) is 0. The van der Waals surface area contributed by atoms with E-state index < -0.39 is 0 Å². The maximum atomic E-state index is 11.6. The molecule has 1 heterocycles. The van der Waals surface area contributed by atoms with E-state index >= 15 is 0 Å². The zero-order valence-corrected chi connectivity index (χ0v) is 9.33. The molecule has 0 bridgehead atoms. The molecule has 0 aromatic heterocycles. The fourth-order valence-electron chi connectivity index (χ4n) is 2.30. The number of carbonyl (C=O) groups excluding carboxylic acids is 1.